The van der Waals surface area contributed by atoms with Gasteiger partial charge >= 0.3 is 0 Å². The number of aliphatic hydroxyl groups is 1. The molecule has 0 spiro atoms. The first-order valence-electron chi connectivity index (χ1n) is 6.15. The Kier molecular flexibility index (Phi) is 7.13. The van der Waals surface area contributed by atoms with Crippen LogP contribution in [-0.2, 0) is 6.42 Å². The molecule has 2 nitrogen and oxygen atoms in total. The summed E-state index contributed by atoms with van der Waals surface area (Å²) in [5, 5.41) is 9.80. The summed E-state index contributed by atoms with van der Waals surface area (Å²) in [5.41, 5.74) is 1.26. The smallest absolute Gasteiger partial charge is 0.118 e. The molecular formula is C14H22O2S. The Morgan fingerprint density at radius 2 is 1.94 bits per heavy atom. The van der Waals surface area contributed by atoms with Crippen LogP contribution in [-0.4, -0.2) is 29.8 Å². The zero-order valence-corrected chi connectivity index (χ0v) is 11.5. The van der Waals surface area contributed by atoms with Crippen molar-refractivity contribution in [2.45, 2.75) is 32.3 Å². The molecule has 1 N–H and O–H groups in total. The molecule has 1 aromatic rings. The quantitative estimate of drug-likeness (QED) is 0.723. The van der Waals surface area contributed by atoms with E-state index in [1.807, 2.05) is 23.9 Å². The van der Waals surface area contributed by atoms with E-state index in [-0.39, 0.29) is 6.10 Å². The first kappa shape index (κ1) is 14.4. The highest BCUT2D eigenvalue weighted by atomic mass is 32.2. The number of aryl methyl sites for hydroxylation is 1. The van der Waals surface area contributed by atoms with E-state index in [1.54, 1.807) is 7.11 Å². The van der Waals surface area contributed by atoms with E-state index < -0.39 is 0 Å². The van der Waals surface area contributed by atoms with Crippen LogP contribution in [0.15, 0.2) is 24.3 Å². The Bertz CT molecular complexity index is 298. The average Bonchev–Trinajstić information content (AvgIpc) is 2.37. The van der Waals surface area contributed by atoms with Gasteiger partial charge in [0.15, 0.2) is 0 Å². The summed E-state index contributed by atoms with van der Waals surface area (Å²) in [6.07, 6.45) is 2.50. The van der Waals surface area contributed by atoms with Crippen molar-refractivity contribution in [1.82, 2.24) is 0 Å². The molecule has 0 amide bonds. The number of hydrogen-bond acceptors (Lipinski definition) is 3. The molecule has 96 valence electrons. The van der Waals surface area contributed by atoms with Crippen LogP contribution in [0, 0.1) is 0 Å². The predicted molar refractivity (Wildman–Crippen MR) is 74.9 cm³/mol. The van der Waals surface area contributed by atoms with Gasteiger partial charge < -0.3 is 9.84 Å². The van der Waals surface area contributed by atoms with Gasteiger partial charge in [-0.05, 0) is 48.5 Å². The molecule has 0 saturated heterocycles. The molecule has 0 saturated carbocycles. The SMILES string of the molecule is CCSCCC(O)CCc1ccc(OC)cc1. The third-order valence-electron chi connectivity index (χ3n) is 2.72. The molecule has 1 unspecified atom stereocenters. The maximum atomic E-state index is 9.80. The highest BCUT2D eigenvalue weighted by Crippen LogP contribution is 2.14. The van der Waals surface area contributed by atoms with Gasteiger partial charge in [-0.1, -0.05) is 19.1 Å². The Hall–Kier alpha value is -0.670. The molecule has 0 heterocycles. The Labute approximate surface area is 108 Å². The van der Waals surface area contributed by atoms with Gasteiger partial charge in [-0.15, -0.1) is 0 Å². The van der Waals surface area contributed by atoms with Gasteiger partial charge in [-0.3, -0.25) is 0 Å². The van der Waals surface area contributed by atoms with Crippen LogP contribution in [0.3, 0.4) is 0 Å². The average molecular weight is 254 g/mol. The number of ether oxygens (including phenoxy) is 1. The zero-order valence-electron chi connectivity index (χ0n) is 10.7. The minimum atomic E-state index is -0.170. The monoisotopic (exact) mass is 254 g/mol. The summed E-state index contributed by atoms with van der Waals surface area (Å²) in [5.74, 6) is 3.07. The van der Waals surface area contributed by atoms with E-state index in [1.165, 1.54) is 5.56 Å². The Morgan fingerprint density at radius 3 is 2.53 bits per heavy atom. The second-order valence-corrected chi connectivity index (χ2v) is 5.42. The standard InChI is InChI=1S/C14H22O2S/c1-3-17-11-10-13(15)7-4-12-5-8-14(16-2)9-6-12/h5-6,8-9,13,15H,3-4,7,10-11H2,1-2H3. The molecule has 1 rings (SSSR count). The molecule has 1 aromatic carbocycles. The van der Waals surface area contributed by atoms with E-state index in [9.17, 15) is 5.11 Å². The van der Waals surface area contributed by atoms with Crippen LogP contribution in [0.2, 0.25) is 0 Å². The van der Waals surface area contributed by atoms with E-state index in [2.05, 4.69) is 19.1 Å². The van der Waals surface area contributed by atoms with Crippen molar-refractivity contribution < 1.29 is 9.84 Å². The van der Waals surface area contributed by atoms with Crippen molar-refractivity contribution in [1.29, 1.82) is 0 Å². The molecule has 0 aliphatic heterocycles. The van der Waals surface area contributed by atoms with Crippen molar-refractivity contribution in [3.63, 3.8) is 0 Å². The van der Waals surface area contributed by atoms with Gasteiger partial charge in [0.2, 0.25) is 0 Å². The number of thioether (sulfide) groups is 1. The molecule has 3 heteroatoms. The lowest BCUT2D eigenvalue weighted by Crippen LogP contribution is -2.09. The number of benzene rings is 1. The van der Waals surface area contributed by atoms with Gasteiger partial charge in [0.05, 0.1) is 13.2 Å². The van der Waals surface area contributed by atoms with Gasteiger partial charge in [-0.25, -0.2) is 0 Å². The highest BCUT2D eigenvalue weighted by molar-refractivity contribution is 7.99. The molecule has 0 aliphatic carbocycles. The van der Waals surface area contributed by atoms with Gasteiger partial charge in [0.25, 0.3) is 0 Å². The van der Waals surface area contributed by atoms with Crippen LogP contribution >= 0.6 is 11.8 Å². The van der Waals surface area contributed by atoms with E-state index >= 15 is 0 Å². The van der Waals surface area contributed by atoms with Crippen molar-refractivity contribution in [3.8, 4) is 5.75 Å². The summed E-state index contributed by atoms with van der Waals surface area (Å²) >= 11 is 1.89. The van der Waals surface area contributed by atoms with Crippen LogP contribution in [0.1, 0.15) is 25.3 Å². The van der Waals surface area contributed by atoms with E-state index in [4.69, 9.17) is 4.74 Å². The maximum absolute atomic E-state index is 9.80. The maximum Gasteiger partial charge on any atom is 0.118 e. The lowest BCUT2D eigenvalue weighted by molar-refractivity contribution is 0.162. The lowest BCUT2D eigenvalue weighted by atomic mass is 10.1. The fraction of sp³-hybridized carbons (Fsp3) is 0.571. The molecule has 0 bridgehead atoms. The first-order chi connectivity index (χ1) is 8.26. The van der Waals surface area contributed by atoms with Crippen LogP contribution in [0.25, 0.3) is 0 Å². The zero-order chi connectivity index (χ0) is 12.5. The summed E-state index contributed by atoms with van der Waals surface area (Å²) in [6.45, 7) is 2.15. The van der Waals surface area contributed by atoms with Crippen LogP contribution < -0.4 is 4.74 Å². The summed E-state index contributed by atoms with van der Waals surface area (Å²) < 4.78 is 5.11. The number of rotatable bonds is 8. The van der Waals surface area contributed by atoms with E-state index in [0.29, 0.717) is 0 Å². The first-order valence-corrected chi connectivity index (χ1v) is 7.30. The molecular weight excluding hydrogens is 232 g/mol. The second kappa shape index (κ2) is 8.43. The van der Waals surface area contributed by atoms with Crippen molar-refractivity contribution >= 4 is 11.8 Å². The van der Waals surface area contributed by atoms with Gasteiger partial charge in [0, 0.05) is 0 Å². The van der Waals surface area contributed by atoms with Crippen LogP contribution in [0.4, 0.5) is 0 Å². The molecule has 0 fully saturated rings. The normalized spacial score (nSPS) is 12.4. The fourth-order valence-corrected chi connectivity index (χ4v) is 2.36. The Morgan fingerprint density at radius 1 is 1.24 bits per heavy atom. The Balaban J connectivity index is 2.24. The highest BCUT2D eigenvalue weighted by Gasteiger charge is 2.04. The predicted octanol–water partition coefficient (Wildman–Crippen LogP) is 3.13. The number of aliphatic hydroxyl groups excluding tert-OH is 1. The largest absolute Gasteiger partial charge is 0.497 e. The molecule has 1 atom stereocenters. The van der Waals surface area contributed by atoms with Crippen LogP contribution in [0.5, 0.6) is 5.75 Å². The van der Waals surface area contributed by atoms with Crippen molar-refractivity contribution in [3.05, 3.63) is 29.8 Å². The van der Waals surface area contributed by atoms with Gasteiger partial charge in [0.1, 0.15) is 5.75 Å². The third-order valence-corrected chi connectivity index (χ3v) is 3.66. The minimum absolute atomic E-state index is 0.170. The minimum Gasteiger partial charge on any atom is -0.497 e. The third kappa shape index (κ3) is 5.99. The topological polar surface area (TPSA) is 29.5 Å². The molecule has 0 aromatic heterocycles. The second-order valence-electron chi connectivity index (χ2n) is 4.03. The van der Waals surface area contributed by atoms with Crippen molar-refractivity contribution in [2.24, 2.45) is 0 Å². The summed E-state index contributed by atoms with van der Waals surface area (Å²) in [4.78, 5) is 0. The fourth-order valence-electron chi connectivity index (χ4n) is 1.63. The summed E-state index contributed by atoms with van der Waals surface area (Å²) in [6, 6.07) is 8.06. The lowest BCUT2D eigenvalue weighted by Gasteiger charge is -2.10. The van der Waals surface area contributed by atoms with E-state index in [0.717, 1.165) is 36.5 Å². The number of hydrogen-bond donors (Lipinski definition) is 1. The van der Waals surface area contributed by atoms with Crippen molar-refractivity contribution in [2.75, 3.05) is 18.6 Å². The molecule has 0 aliphatic rings. The molecule has 17 heavy (non-hydrogen) atoms. The number of methoxy groups -OCH3 is 1. The van der Waals surface area contributed by atoms with Gasteiger partial charge in [-0.2, -0.15) is 11.8 Å². The summed E-state index contributed by atoms with van der Waals surface area (Å²) in [7, 11) is 1.67. The molecule has 0 radical (unpaired) electrons.